The molecule has 2 unspecified atom stereocenters. The van der Waals surface area contributed by atoms with E-state index in [0.717, 1.165) is 24.7 Å². The van der Waals surface area contributed by atoms with E-state index in [1.54, 1.807) is 0 Å². The Hall–Kier alpha value is -0.370. The minimum atomic E-state index is 0.694. The zero-order valence-electron chi connectivity index (χ0n) is 8.12. The van der Waals surface area contributed by atoms with E-state index in [1.807, 2.05) is 0 Å². The SMILES string of the molecule is CC1CC(C)CN(CCC=O)C1. The Bertz CT molecular complexity index is 137. The Morgan fingerprint density at radius 2 is 1.92 bits per heavy atom. The number of hydrogen-bond acceptors (Lipinski definition) is 2. The summed E-state index contributed by atoms with van der Waals surface area (Å²) < 4.78 is 0. The van der Waals surface area contributed by atoms with Gasteiger partial charge in [0.15, 0.2) is 0 Å². The summed E-state index contributed by atoms with van der Waals surface area (Å²) >= 11 is 0. The molecule has 2 heteroatoms. The quantitative estimate of drug-likeness (QED) is 0.597. The molecule has 0 aliphatic carbocycles. The van der Waals surface area contributed by atoms with Crippen LogP contribution in [0.25, 0.3) is 0 Å². The van der Waals surface area contributed by atoms with Crippen molar-refractivity contribution in [2.45, 2.75) is 26.7 Å². The topological polar surface area (TPSA) is 20.3 Å². The highest BCUT2D eigenvalue weighted by atomic mass is 16.1. The number of nitrogens with zero attached hydrogens (tertiary/aromatic N) is 1. The fraction of sp³-hybridized carbons (Fsp3) is 0.900. The lowest BCUT2D eigenvalue weighted by Gasteiger charge is -2.34. The molecule has 0 bridgehead atoms. The summed E-state index contributed by atoms with van der Waals surface area (Å²) in [6.45, 7) is 7.90. The predicted molar refractivity (Wildman–Crippen MR) is 50.1 cm³/mol. The van der Waals surface area contributed by atoms with Crippen LogP contribution in [0.2, 0.25) is 0 Å². The highest BCUT2D eigenvalue weighted by molar-refractivity contribution is 5.49. The van der Waals surface area contributed by atoms with E-state index < -0.39 is 0 Å². The molecule has 1 rings (SSSR count). The van der Waals surface area contributed by atoms with Gasteiger partial charge in [0.2, 0.25) is 0 Å². The maximum atomic E-state index is 10.2. The van der Waals surface area contributed by atoms with Crippen molar-refractivity contribution in [3.8, 4) is 0 Å². The number of carbonyl (C=O) groups is 1. The van der Waals surface area contributed by atoms with Crippen LogP contribution in [-0.4, -0.2) is 30.8 Å². The van der Waals surface area contributed by atoms with Gasteiger partial charge < -0.3 is 9.69 Å². The molecule has 1 heterocycles. The maximum Gasteiger partial charge on any atom is 0.121 e. The van der Waals surface area contributed by atoms with Gasteiger partial charge in [0.1, 0.15) is 6.29 Å². The minimum absolute atomic E-state index is 0.694. The van der Waals surface area contributed by atoms with Crippen LogP contribution >= 0.6 is 0 Å². The first-order valence-electron chi connectivity index (χ1n) is 4.88. The van der Waals surface area contributed by atoms with E-state index in [2.05, 4.69) is 18.7 Å². The molecule has 0 amide bonds. The molecule has 0 saturated carbocycles. The number of rotatable bonds is 3. The van der Waals surface area contributed by atoms with Crippen LogP contribution < -0.4 is 0 Å². The van der Waals surface area contributed by atoms with Gasteiger partial charge in [-0.1, -0.05) is 13.8 Å². The Morgan fingerprint density at radius 1 is 1.33 bits per heavy atom. The largest absolute Gasteiger partial charge is 0.303 e. The van der Waals surface area contributed by atoms with Crippen molar-refractivity contribution >= 4 is 6.29 Å². The second-order valence-electron chi connectivity index (χ2n) is 4.16. The van der Waals surface area contributed by atoms with Crippen LogP contribution in [0, 0.1) is 11.8 Å². The molecule has 0 aromatic carbocycles. The number of aldehydes is 1. The molecule has 1 fully saturated rings. The monoisotopic (exact) mass is 169 g/mol. The highest BCUT2D eigenvalue weighted by Gasteiger charge is 2.20. The van der Waals surface area contributed by atoms with Crippen LogP contribution in [0.5, 0.6) is 0 Å². The maximum absolute atomic E-state index is 10.2. The Morgan fingerprint density at radius 3 is 2.42 bits per heavy atom. The normalized spacial score (nSPS) is 31.8. The molecule has 0 radical (unpaired) electrons. The number of hydrogen-bond donors (Lipinski definition) is 0. The molecule has 0 aromatic heterocycles. The van der Waals surface area contributed by atoms with Gasteiger partial charge in [0, 0.05) is 26.1 Å². The third-order valence-electron chi connectivity index (χ3n) is 2.51. The zero-order valence-corrected chi connectivity index (χ0v) is 8.12. The van der Waals surface area contributed by atoms with Crippen LogP contribution in [0.1, 0.15) is 26.7 Å². The Labute approximate surface area is 74.9 Å². The van der Waals surface area contributed by atoms with Crippen molar-refractivity contribution in [3.63, 3.8) is 0 Å². The fourth-order valence-corrected chi connectivity index (χ4v) is 2.21. The predicted octanol–water partition coefficient (Wildman–Crippen LogP) is 1.55. The lowest BCUT2D eigenvalue weighted by Crippen LogP contribution is -2.39. The van der Waals surface area contributed by atoms with Crippen LogP contribution in [0.15, 0.2) is 0 Å². The smallest absolute Gasteiger partial charge is 0.121 e. The molecule has 12 heavy (non-hydrogen) atoms. The van der Waals surface area contributed by atoms with E-state index in [1.165, 1.54) is 19.5 Å². The molecule has 1 aliphatic rings. The van der Waals surface area contributed by atoms with Crippen molar-refractivity contribution in [2.75, 3.05) is 19.6 Å². The van der Waals surface area contributed by atoms with Crippen LogP contribution in [-0.2, 0) is 4.79 Å². The Balaban J connectivity index is 2.28. The van der Waals surface area contributed by atoms with Gasteiger partial charge in [-0.3, -0.25) is 0 Å². The minimum Gasteiger partial charge on any atom is -0.303 e. The van der Waals surface area contributed by atoms with Gasteiger partial charge in [-0.15, -0.1) is 0 Å². The van der Waals surface area contributed by atoms with Gasteiger partial charge in [-0.2, -0.15) is 0 Å². The first-order chi connectivity index (χ1) is 5.72. The molecule has 0 aromatic rings. The van der Waals surface area contributed by atoms with Crippen LogP contribution in [0.4, 0.5) is 0 Å². The number of likely N-dealkylation sites (tertiary alicyclic amines) is 1. The van der Waals surface area contributed by atoms with Gasteiger partial charge in [-0.05, 0) is 18.3 Å². The molecule has 2 atom stereocenters. The van der Waals surface area contributed by atoms with Gasteiger partial charge in [0.05, 0.1) is 0 Å². The molecule has 1 saturated heterocycles. The number of piperidine rings is 1. The Kier molecular flexibility index (Phi) is 3.73. The van der Waals surface area contributed by atoms with Crippen molar-refractivity contribution in [3.05, 3.63) is 0 Å². The van der Waals surface area contributed by atoms with E-state index in [9.17, 15) is 4.79 Å². The first kappa shape index (κ1) is 9.72. The molecule has 2 nitrogen and oxygen atoms in total. The lowest BCUT2D eigenvalue weighted by molar-refractivity contribution is -0.108. The van der Waals surface area contributed by atoms with Crippen molar-refractivity contribution in [1.29, 1.82) is 0 Å². The summed E-state index contributed by atoms with van der Waals surface area (Å²) in [6, 6.07) is 0. The molecule has 1 aliphatic heterocycles. The summed E-state index contributed by atoms with van der Waals surface area (Å²) in [5.41, 5.74) is 0. The van der Waals surface area contributed by atoms with E-state index in [-0.39, 0.29) is 0 Å². The summed E-state index contributed by atoms with van der Waals surface area (Å²) in [6.07, 6.45) is 3.06. The second kappa shape index (κ2) is 4.61. The summed E-state index contributed by atoms with van der Waals surface area (Å²) in [5, 5.41) is 0. The van der Waals surface area contributed by atoms with Crippen molar-refractivity contribution < 1.29 is 4.79 Å². The molecular weight excluding hydrogens is 150 g/mol. The molecule has 0 spiro atoms. The number of carbonyl (C=O) groups excluding carboxylic acids is 1. The summed E-state index contributed by atoms with van der Waals surface area (Å²) in [7, 11) is 0. The van der Waals surface area contributed by atoms with E-state index in [4.69, 9.17) is 0 Å². The summed E-state index contributed by atoms with van der Waals surface area (Å²) in [5.74, 6) is 1.61. The van der Waals surface area contributed by atoms with Gasteiger partial charge in [-0.25, -0.2) is 0 Å². The average Bonchev–Trinajstić information content (AvgIpc) is 1.99. The standard InChI is InChI=1S/C10H19NO/c1-9-6-10(2)8-11(7-9)4-3-5-12/h5,9-10H,3-4,6-8H2,1-2H3. The molecular formula is C10H19NO. The second-order valence-corrected chi connectivity index (χ2v) is 4.16. The van der Waals surface area contributed by atoms with E-state index >= 15 is 0 Å². The van der Waals surface area contributed by atoms with Gasteiger partial charge >= 0.3 is 0 Å². The molecule has 70 valence electrons. The zero-order chi connectivity index (χ0) is 8.97. The highest BCUT2D eigenvalue weighted by Crippen LogP contribution is 2.20. The first-order valence-corrected chi connectivity index (χ1v) is 4.88. The van der Waals surface area contributed by atoms with Crippen molar-refractivity contribution in [1.82, 2.24) is 4.90 Å². The van der Waals surface area contributed by atoms with Gasteiger partial charge in [0.25, 0.3) is 0 Å². The average molecular weight is 169 g/mol. The van der Waals surface area contributed by atoms with E-state index in [0.29, 0.717) is 6.42 Å². The summed E-state index contributed by atoms with van der Waals surface area (Å²) in [4.78, 5) is 12.6. The van der Waals surface area contributed by atoms with Crippen LogP contribution in [0.3, 0.4) is 0 Å². The lowest BCUT2D eigenvalue weighted by atomic mass is 9.92. The fourth-order valence-electron chi connectivity index (χ4n) is 2.21. The molecule has 0 N–H and O–H groups in total. The van der Waals surface area contributed by atoms with Crippen molar-refractivity contribution in [2.24, 2.45) is 11.8 Å². The third-order valence-corrected chi connectivity index (χ3v) is 2.51. The third kappa shape index (κ3) is 2.94.